The molecule has 2 saturated carbocycles. The van der Waals surface area contributed by atoms with E-state index >= 15 is 0 Å². The molecule has 0 amide bonds. The van der Waals surface area contributed by atoms with Crippen molar-refractivity contribution in [2.45, 2.75) is 64.2 Å². The molecule has 1 N–H and O–H groups in total. The van der Waals surface area contributed by atoms with Gasteiger partial charge in [-0.05, 0) is 37.5 Å². The highest BCUT2D eigenvalue weighted by Gasteiger charge is 2.35. The van der Waals surface area contributed by atoms with Crippen molar-refractivity contribution in [2.75, 3.05) is 0 Å². The van der Waals surface area contributed by atoms with E-state index in [-0.39, 0.29) is 5.76 Å². The maximum absolute atomic E-state index is 11.2. The molecule has 2 aliphatic carbocycles. The number of carboxylic acid groups (broad SMARTS) is 1. The molecule has 4 heteroatoms. The van der Waals surface area contributed by atoms with Crippen molar-refractivity contribution in [3.8, 4) is 0 Å². The van der Waals surface area contributed by atoms with Crippen molar-refractivity contribution >= 4 is 5.97 Å². The maximum Gasteiger partial charge on any atom is 0.373 e. The zero-order chi connectivity index (χ0) is 14.1. The maximum atomic E-state index is 11.2. The molecule has 1 aromatic heterocycles. The number of carbonyl (C=O) groups is 1. The fraction of sp³-hybridized carbons (Fsp3) is 0.750. The summed E-state index contributed by atoms with van der Waals surface area (Å²) >= 11 is 0. The summed E-state index contributed by atoms with van der Waals surface area (Å²) in [6.07, 6.45) is 9.54. The Labute approximate surface area is 119 Å². The number of rotatable bonds is 3. The topological polar surface area (TPSA) is 63.3 Å². The van der Waals surface area contributed by atoms with Crippen molar-refractivity contribution in [1.82, 2.24) is 4.98 Å². The normalized spacial score (nSPS) is 29.9. The quantitative estimate of drug-likeness (QED) is 0.906. The Balaban J connectivity index is 1.77. The van der Waals surface area contributed by atoms with Crippen LogP contribution in [0.2, 0.25) is 0 Å². The van der Waals surface area contributed by atoms with Gasteiger partial charge in [-0.2, -0.15) is 0 Å². The lowest BCUT2D eigenvalue weighted by atomic mass is 9.67. The summed E-state index contributed by atoms with van der Waals surface area (Å²) in [6, 6.07) is 0. The SMILES string of the molecule is CCc1nc(C2CCC3CCCCC3C2)oc1C(=O)O. The molecule has 0 spiro atoms. The standard InChI is InChI=1S/C16H23NO3/c1-2-13-14(16(18)19)20-15(17-13)12-8-7-10-5-3-4-6-11(10)9-12/h10-12H,2-9H2,1H3,(H,18,19). The zero-order valence-electron chi connectivity index (χ0n) is 12.1. The number of aryl methyl sites for hydroxylation is 1. The molecule has 3 unspecified atom stereocenters. The van der Waals surface area contributed by atoms with Gasteiger partial charge in [0, 0.05) is 5.92 Å². The third-order valence-corrected chi connectivity index (χ3v) is 5.13. The van der Waals surface area contributed by atoms with Crippen LogP contribution in [0.5, 0.6) is 0 Å². The number of hydrogen-bond donors (Lipinski definition) is 1. The van der Waals surface area contributed by atoms with Gasteiger partial charge in [0.2, 0.25) is 5.76 Å². The van der Waals surface area contributed by atoms with Gasteiger partial charge >= 0.3 is 5.97 Å². The average Bonchev–Trinajstić information content (AvgIpc) is 2.91. The van der Waals surface area contributed by atoms with Crippen LogP contribution in [0.4, 0.5) is 0 Å². The summed E-state index contributed by atoms with van der Waals surface area (Å²) in [5.41, 5.74) is 0.596. The van der Waals surface area contributed by atoms with E-state index in [4.69, 9.17) is 9.52 Å². The van der Waals surface area contributed by atoms with Crippen LogP contribution in [0, 0.1) is 11.8 Å². The van der Waals surface area contributed by atoms with Crippen LogP contribution >= 0.6 is 0 Å². The molecule has 3 atom stereocenters. The number of fused-ring (bicyclic) bond motifs is 1. The number of nitrogens with zero attached hydrogens (tertiary/aromatic N) is 1. The molecule has 1 aromatic rings. The van der Waals surface area contributed by atoms with E-state index in [1.165, 1.54) is 32.1 Å². The zero-order valence-corrected chi connectivity index (χ0v) is 12.1. The Hall–Kier alpha value is -1.32. The van der Waals surface area contributed by atoms with Crippen LogP contribution in [-0.2, 0) is 6.42 Å². The lowest BCUT2D eigenvalue weighted by Crippen LogP contribution is -2.27. The van der Waals surface area contributed by atoms with E-state index in [0.29, 0.717) is 23.9 Å². The molecule has 0 aromatic carbocycles. The van der Waals surface area contributed by atoms with E-state index < -0.39 is 5.97 Å². The Morgan fingerprint density at radius 1 is 1.25 bits per heavy atom. The smallest absolute Gasteiger partial charge is 0.373 e. The van der Waals surface area contributed by atoms with Crippen LogP contribution in [0.15, 0.2) is 4.42 Å². The fourth-order valence-corrected chi connectivity index (χ4v) is 4.05. The van der Waals surface area contributed by atoms with Crippen molar-refractivity contribution in [2.24, 2.45) is 11.8 Å². The molecule has 20 heavy (non-hydrogen) atoms. The van der Waals surface area contributed by atoms with Crippen LogP contribution in [0.1, 0.15) is 79.9 Å². The van der Waals surface area contributed by atoms with E-state index in [1.807, 2.05) is 6.92 Å². The summed E-state index contributed by atoms with van der Waals surface area (Å²) in [6.45, 7) is 1.92. The van der Waals surface area contributed by atoms with Crippen molar-refractivity contribution in [3.05, 3.63) is 17.3 Å². The minimum Gasteiger partial charge on any atom is -0.475 e. The fourth-order valence-electron chi connectivity index (χ4n) is 4.05. The molecule has 0 bridgehead atoms. The predicted octanol–water partition coefficient (Wildman–Crippen LogP) is 4.01. The van der Waals surface area contributed by atoms with Crippen molar-refractivity contribution < 1.29 is 14.3 Å². The molecule has 3 rings (SSSR count). The lowest BCUT2D eigenvalue weighted by Gasteiger charge is -2.38. The Bertz CT molecular complexity index is 494. The summed E-state index contributed by atoms with van der Waals surface area (Å²) in [4.78, 5) is 15.6. The molecular weight excluding hydrogens is 254 g/mol. The number of aromatic nitrogens is 1. The van der Waals surface area contributed by atoms with Gasteiger partial charge in [-0.25, -0.2) is 9.78 Å². The summed E-state index contributed by atoms with van der Waals surface area (Å²) < 4.78 is 5.58. The highest BCUT2D eigenvalue weighted by molar-refractivity contribution is 5.85. The Morgan fingerprint density at radius 3 is 2.65 bits per heavy atom. The second kappa shape index (κ2) is 5.58. The molecule has 110 valence electrons. The molecule has 0 aliphatic heterocycles. The molecule has 1 heterocycles. The molecular formula is C16H23NO3. The van der Waals surface area contributed by atoms with Gasteiger partial charge in [0.15, 0.2) is 5.89 Å². The van der Waals surface area contributed by atoms with Crippen LogP contribution in [0.25, 0.3) is 0 Å². The van der Waals surface area contributed by atoms with Gasteiger partial charge in [-0.1, -0.05) is 32.6 Å². The number of hydrogen-bond acceptors (Lipinski definition) is 3. The summed E-state index contributed by atoms with van der Waals surface area (Å²) in [7, 11) is 0. The van der Waals surface area contributed by atoms with Gasteiger partial charge in [0.1, 0.15) is 0 Å². The molecule has 2 fully saturated rings. The van der Waals surface area contributed by atoms with E-state index in [2.05, 4.69) is 4.98 Å². The van der Waals surface area contributed by atoms with Gasteiger partial charge in [-0.3, -0.25) is 0 Å². The highest BCUT2D eigenvalue weighted by atomic mass is 16.4. The van der Waals surface area contributed by atoms with E-state index in [1.54, 1.807) is 0 Å². The second-order valence-corrected chi connectivity index (χ2v) is 6.30. The second-order valence-electron chi connectivity index (χ2n) is 6.30. The minimum absolute atomic E-state index is 0.0493. The first kappa shape index (κ1) is 13.7. The van der Waals surface area contributed by atoms with Crippen molar-refractivity contribution in [1.29, 1.82) is 0 Å². The number of aromatic carboxylic acids is 1. The van der Waals surface area contributed by atoms with Crippen LogP contribution < -0.4 is 0 Å². The first-order chi connectivity index (χ1) is 9.69. The lowest BCUT2D eigenvalue weighted by molar-refractivity contribution is 0.0655. The van der Waals surface area contributed by atoms with Gasteiger partial charge < -0.3 is 9.52 Å². The first-order valence-electron chi connectivity index (χ1n) is 7.92. The summed E-state index contributed by atoms with van der Waals surface area (Å²) in [5, 5.41) is 9.16. The minimum atomic E-state index is -0.994. The van der Waals surface area contributed by atoms with Crippen molar-refractivity contribution in [3.63, 3.8) is 0 Å². The average molecular weight is 277 g/mol. The van der Waals surface area contributed by atoms with Crippen LogP contribution in [-0.4, -0.2) is 16.1 Å². The number of carboxylic acids is 1. The molecule has 0 saturated heterocycles. The predicted molar refractivity (Wildman–Crippen MR) is 74.9 cm³/mol. The largest absolute Gasteiger partial charge is 0.475 e. The van der Waals surface area contributed by atoms with E-state index in [0.717, 1.165) is 24.7 Å². The highest BCUT2D eigenvalue weighted by Crippen LogP contribution is 2.46. The van der Waals surface area contributed by atoms with Crippen LogP contribution in [0.3, 0.4) is 0 Å². The first-order valence-corrected chi connectivity index (χ1v) is 7.92. The molecule has 4 nitrogen and oxygen atoms in total. The Kier molecular flexibility index (Phi) is 3.81. The Morgan fingerprint density at radius 2 is 2.00 bits per heavy atom. The monoisotopic (exact) mass is 277 g/mol. The third-order valence-electron chi connectivity index (χ3n) is 5.13. The number of oxazole rings is 1. The molecule has 0 radical (unpaired) electrons. The van der Waals surface area contributed by atoms with Gasteiger partial charge in [-0.15, -0.1) is 0 Å². The summed E-state index contributed by atoms with van der Waals surface area (Å²) in [5.74, 6) is 1.74. The van der Waals surface area contributed by atoms with Gasteiger partial charge in [0.05, 0.1) is 5.69 Å². The van der Waals surface area contributed by atoms with E-state index in [9.17, 15) is 4.79 Å². The van der Waals surface area contributed by atoms with Gasteiger partial charge in [0.25, 0.3) is 0 Å². The third kappa shape index (κ3) is 2.48. The molecule has 2 aliphatic rings.